The molecule has 122 valence electrons. The number of hydrogen-bond donors (Lipinski definition) is 1. The van der Waals surface area contributed by atoms with Gasteiger partial charge in [-0.05, 0) is 24.1 Å². The van der Waals surface area contributed by atoms with Crippen LogP contribution in [0.2, 0.25) is 5.02 Å². The number of carbonyl (C=O) groups is 1. The zero-order valence-corrected chi connectivity index (χ0v) is 14.0. The van der Waals surface area contributed by atoms with Gasteiger partial charge in [-0.25, -0.2) is 4.98 Å². The van der Waals surface area contributed by atoms with Gasteiger partial charge in [0.2, 0.25) is 5.91 Å². The van der Waals surface area contributed by atoms with Crippen LogP contribution in [0.3, 0.4) is 0 Å². The molecule has 1 aliphatic rings. The molecule has 1 unspecified atom stereocenters. The molecule has 0 radical (unpaired) electrons. The average Bonchev–Trinajstić information content (AvgIpc) is 3.00. The second-order valence-corrected chi connectivity index (χ2v) is 6.27. The van der Waals surface area contributed by atoms with E-state index in [2.05, 4.69) is 10.3 Å². The van der Waals surface area contributed by atoms with E-state index in [-0.39, 0.29) is 11.9 Å². The third-order valence-corrected chi connectivity index (χ3v) is 4.51. The third-order valence-electron chi connectivity index (χ3n) is 4.26. The average molecular weight is 333 g/mol. The van der Waals surface area contributed by atoms with Crippen molar-refractivity contribution in [2.45, 2.75) is 18.9 Å². The highest BCUT2D eigenvalue weighted by molar-refractivity contribution is 6.30. The van der Waals surface area contributed by atoms with E-state index in [0.29, 0.717) is 6.42 Å². The van der Waals surface area contributed by atoms with Crippen LogP contribution >= 0.6 is 11.6 Å². The maximum absolute atomic E-state index is 12.7. The summed E-state index contributed by atoms with van der Waals surface area (Å²) in [5, 5.41) is 4.07. The maximum Gasteiger partial charge on any atom is 0.223 e. The van der Waals surface area contributed by atoms with Gasteiger partial charge in [0, 0.05) is 50.5 Å². The number of amides is 1. The lowest BCUT2D eigenvalue weighted by Gasteiger charge is -2.35. The van der Waals surface area contributed by atoms with Crippen molar-refractivity contribution < 1.29 is 4.79 Å². The first kappa shape index (κ1) is 16.0. The molecule has 2 aromatic rings. The van der Waals surface area contributed by atoms with Gasteiger partial charge in [0.15, 0.2) is 0 Å². The number of benzene rings is 1. The first-order chi connectivity index (χ1) is 11.1. The van der Waals surface area contributed by atoms with E-state index < -0.39 is 0 Å². The fourth-order valence-corrected chi connectivity index (χ4v) is 3.10. The van der Waals surface area contributed by atoms with Crippen LogP contribution in [0.5, 0.6) is 0 Å². The smallest absolute Gasteiger partial charge is 0.223 e. The Bertz CT molecular complexity index is 667. The van der Waals surface area contributed by atoms with Crippen LogP contribution in [-0.2, 0) is 18.3 Å². The number of aromatic nitrogens is 2. The Kier molecular flexibility index (Phi) is 4.98. The lowest BCUT2D eigenvalue weighted by atomic mass is 10.1. The Morgan fingerprint density at radius 1 is 1.39 bits per heavy atom. The van der Waals surface area contributed by atoms with Gasteiger partial charge in [-0.1, -0.05) is 23.7 Å². The lowest BCUT2D eigenvalue weighted by Crippen LogP contribution is -2.49. The van der Waals surface area contributed by atoms with Crippen molar-refractivity contribution in [1.82, 2.24) is 19.8 Å². The van der Waals surface area contributed by atoms with E-state index >= 15 is 0 Å². The summed E-state index contributed by atoms with van der Waals surface area (Å²) in [5.41, 5.74) is 1.13. The Labute approximate surface area is 141 Å². The minimum absolute atomic E-state index is 0.00136. The zero-order chi connectivity index (χ0) is 16.2. The molecular formula is C17H21ClN4O. The zero-order valence-electron chi connectivity index (χ0n) is 13.2. The van der Waals surface area contributed by atoms with Gasteiger partial charge in [0.25, 0.3) is 0 Å². The number of halogens is 1. The highest BCUT2D eigenvalue weighted by atomic mass is 35.5. The molecule has 1 N–H and O–H groups in total. The SMILES string of the molecule is Cn1ccnc1C1CNCCN1C(=O)CCc1ccc(Cl)cc1. The van der Waals surface area contributed by atoms with Gasteiger partial charge < -0.3 is 14.8 Å². The number of nitrogens with one attached hydrogen (secondary N) is 1. The summed E-state index contributed by atoms with van der Waals surface area (Å²) in [6, 6.07) is 7.68. The molecule has 1 aromatic carbocycles. The summed E-state index contributed by atoms with van der Waals surface area (Å²) < 4.78 is 1.98. The van der Waals surface area contributed by atoms with E-state index in [1.807, 2.05) is 47.0 Å². The summed E-state index contributed by atoms with van der Waals surface area (Å²) >= 11 is 5.90. The molecule has 1 amide bonds. The van der Waals surface area contributed by atoms with Crippen LogP contribution in [0.1, 0.15) is 23.9 Å². The summed E-state index contributed by atoms with van der Waals surface area (Å²) in [5.74, 6) is 1.10. The molecule has 2 heterocycles. The number of nitrogens with zero attached hydrogens (tertiary/aromatic N) is 3. The van der Waals surface area contributed by atoms with Crippen molar-refractivity contribution in [2.75, 3.05) is 19.6 Å². The van der Waals surface area contributed by atoms with Crippen LogP contribution < -0.4 is 5.32 Å². The van der Waals surface area contributed by atoms with E-state index in [1.54, 1.807) is 6.20 Å². The van der Waals surface area contributed by atoms with Gasteiger partial charge in [-0.3, -0.25) is 4.79 Å². The van der Waals surface area contributed by atoms with Gasteiger partial charge in [0.05, 0.1) is 0 Å². The highest BCUT2D eigenvalue weighted by Crippen LogP contribution is 2.22. The van der Waals surface area contributed by atoms with Crippen molar-refractivity contribution in [3.63, 3.8) is 0 Å². The largest absolute Gasteiger partial charge is 0.336 e. The molecule has 1 aromatic heterocycles. The Morgan fingerprint density at radius 2 is 2.17 bits per heavy atom. The monoisotopic (exact) mass is 332 g/mol. The van der Waals surface area contributed by atoms with Crippen LogP contribution in [0, 0.1) is 0 Å². The van der Waals surface area contributed by atoms with E-state index in [0.717, 1.165) is 42.5 Å². The van der Waals surface area contributed by atoms with Crippen molar-refractivity contribution in [2.24, 2.45) is 7.05 Å². The second kappa shape index (κ2) is 7.15. The number of hydrogen-bond acceptors (Lipinski definition) is 3. The van der Waals surface area contributed by atoms with E-state index in [1.165, 1.54) is 0 Å². The fraction of sp³-hybridized carbons (Fsp3) is 0.412. The molecule has 0 aliphatic carbocycles. The first-order valence-electron chi connectivity index (χ1n) is 7.87. The predicted octanol–water partition coefficient (Wildman–Crippen LogP) is 2.18. The van der Waals surface area contributed by atoms with Crippen molar-refractivity contribution in [3.05, 3.63) is 53.1 Å². The molecule has 5 nitrogen and oxygen atoms in total. The first-order valence-corrected chi connectivity index (χ1v) is 8.25. The molecule has 1 aliphatic heterocycles. The summed E-state index contributed by atoms with van der Waals surface area (Å²) in [6.45, 7) is 2.29. The van der Waals surface area contributed by atoms with Crippen LogP contribution in [0.25, 0.3) is 0 Å². The molecule has 0 bridgehead atoms. The Morgan fingerprint density at radius 3 is 2.87 bits per heavy atom. The molecular weight excluding hydrogens is 312 g/mol. The predicted molar refractivity (Wildman–Crippen MR) is 90.3 cm³/mol. The van der Waals surface area contributed by atoms with Gasteiger partial charge in [-0.15, -0.1) is 0 Å². The molecule has 1 saturated heterocycles. The van der Waals surface area contributed by atoms with Gasteiger partial charge >= 0.3 is 0 Å². The molecule has 1 fully saturated rings. The standard InChI is InChI=1S/C17H21ClN4O/c1-21-10-9-20-17(21)15-12-19-8-11-22(15)16(23)7-4-13-2-5-14(18)6-3-13/h2-3,5-6,9-10,15,19H,4,7-8,11-12H2,1H3. The molecule has 0 saturated carbocycles. The topological polar surface area (TPSA) is 50.2 Å². The third kappa shape index (κ3) is 3.74. The maximum atomic E-state index is 12.7. The highest BCUT2D eigenvalue weighted by Gasteiger charge is 2.29. The molecule has 23 heavy (non-hydrogen) atoms. The summed E-state index contributed by atoms with van der Waals surface area (Å²) in [6.07, 6.45) is 4.93. The summed E-state index contributed by atoms with van der Waals surface area (Å²) in [4.78, 5) is 19.1. The second-order valence-electron chi connectivity index (χ2n) is 5.83. The molecule has 6 heteroatoms. The number of imidazole rings is 1. The van der Waals surface area contributed by atoms with E-state index in [9.17, 15) is 4.79 Å². The van der Waals surface area contributed by atoms with E-state index in [4.69, 9.17) is 11.6 Å². The Hall–Kier alpha value is -1.85. The van der Waals surface area contributed by atoms with Crippen LogP contribution in [0.4, 0.5) is 0 Å². The quantitative estimate of drug-likeness (QED) is 0.933. The Balaban J connectivity index is 1.66. The minimum Gasteiger partial charge on any atom is -0.336 e. The molecule has 0 spiro atoms. The lowest BCUT2D eigenvalue weighted by molar-refractivity contribution is -0.134. The number of aryl methyl sites for hydroxylation is 2. The van der Waals surface area contributed by atoms with Crippen LogP contribution in [0.15, 0.2) is 36.7 Å². The number of piperazine rings is 1. The normalized spacial score (nSPS) is 18.2. The fourth-order valence-electron chi connectivity index (χ4n) is 2.98. The van der Waals surface area contributed by atoms with Crippen molar-refractivity contribution >= 4 is 17.5 Å². The molecule has 3 rings (SSSR count). The van der Waals surface area contributed by atoms with Crippen LogP contribution in [-0.4, -0.2) is 40.0 Å². The van der Waals surface area contributed by atoms with Crippen molar-refractivity contribution in [1.29, 1.82) is 0 Å². The number of carbonyl (C=O) groups excluding carboxylic acids is 1. The molecule has 1 atom stereocenters. The summed E-state index contributed by atoms with van der Waals surface area (Å²) in [7, 11) is 1.97. The minimum atomic E-state index is 0.00136. The van der Waals surface area contributed by atoms with Crippen molar-refractivity contribution in [3.8, 4) is 0 Å². The van der Waals surface area contributed by atoms with Gasteiger partial charge in [-0.2, -0.15) is 0 Å². The number of rotatable bonds is 4. The van der Waals surface area contributed by atoms with Gasteiger partial charge in [0.1, 0.15) is 11.9 Å².